The highest BCUT2D eigenvalue weighted by atomic mass is 19.1. The number of benzene rings is 1. The summed E-state index contributed by atoms with van der Waals surface area (Å²) >= 11 is 0. The maximum atomic E-state index is 13.8. The van der Waals surface area contributed by atoms with Gasteiger partial charge in [-0.25, -0.2) is 4.39 Å². The summed E-state index contributed by atoms with van der Waals surface area (Å²) in [6, 6.07) is 9.55. The molecule has 3 rings (SSSR count). The van der Waals surface area contributed by atoms with Gasteiger partial charge in [-0.05, 0) is 24.3 Å². The number of Topliss-reactive ketones (excluding diaryl/α,β-unsaturated/α-hetero) is 1. The second-order valence-corrected chi connectivity index (χ2v) is 6.07. The summed E-state index contributed by atoms with van der Waals surface area (Å²) in [5.74, 6) is -2.16. The first-order chi connectivity index (χ1) is 13.1. The molecular weight excluding hydrogens is 351 g/mol. The number of rotatable bonds is 5. The molecule has 7 nitrogen and oxygen atoms in total. The van der Waals surface area contributed by atoms with Crippen molar-refractivity contribution in [3.63, 3.8) is 0 Å². The number of carbonyl (C=O) groups excluding carboxylic acids is 3. The van der Waals surface area contributed by atoms with E-state index >= 15 is 0 Å². The molecule has 0 spiro atoms. The van der Waals surface area contributed by atoms with Crippen LogP contribution in [0.15, 0.2) is 48.8 Å². The quantitative estimate of drug-likeness (QED) is 0.624. The summed E-state index contributed by atoms with van der Waals surface area (Å²) in [4.78, 5) is 43.4. The first-order valence-corrected chi connectivity index (χ1v) is 8.56. The molecule has 1 saturated heterocycles. The fourth-order valence-corrected chi connectivity index (χ4v) is 2.88. The molecule has 0 radical (unpaired) electrons. The van der Waals surface area contributed by atoms with Crippen LogP contribution in [0.5, 0.6) is 0 Å². The third-order valence-corrected chi connectivity index (χ3v) is 4.36. The lowest BCUT2D eigenvalue weighted by atomic mass is 10.2. The number of hydrogen-bond donors (Lipinski definition) is 1. The predicted molar refractivity (Wildman–Crippen MR) is 96.8 cm³/mol. The van der Waals surface area contributed by atoms with E-state index in [-0.39, 0.29) is 23.8 Å². The van der Waals surface area contributed by atoms with Crippen LogP contribution in [-0.2, 0) is 9.59 Å². The molecule has 1 aliphatic rings. The highest BCUT2D eigenvalue weighted by Gasteiger charge is 2.24. The van der Waals surface area contributed by atoms with Crippen LogP contribution in [0.25, 0.3) is 0 Å². The van der Waals surface area contributed by atoms with Crippen molar-refractivity contribution < 1.29 is 18.8 Å². The highest BCUT2D eigenvalue weighted by molar-refractivity contribution is 6.42. The Morgan fingerprint density at radius 2 is 1.78 bits per heavy atom. The van der Waals surface area contributed by atoms with Crippen molar-refractivity contribution in [2.45, 2.75) is 0 Å². The second-order valence-electron chi connectivity index (χ2n) is 6.07. The minimum atomic E-state index is -0.846. The molecular formula is C19H19FN4O3. The third kappa shape index (κ3) is 4.46. The van der Waals surface area contributed by atoms with Crippen LogP contribution in [0.2, 0.25) is 0 Å². The first kappa shape index (κ1) is 18.5. The average Bonchev–Trinajstić information content (AvgIpc) is 2.72. The largest absolute Gasteiger partial charge is 0.366 e. The third-order valence-electron chi connectivity index (χ3n) is 4.36. The van der Waals surface area contributed by atoms with Crippen molar-refractivity contribution in [2.75, 3.05) is 37.6 Å². The van der Waals surface area contributed by atoms with E-state index in [0.29, 0.717) is 31.9 Å². The van der Waals surface area contributed by atoms with Crippen molar-refractivity contribution in [1.82, 2.24) is 15.2 Å². The number of ketones is 1. The fourth-order valence-electron chi connectivity index (χ4n) is 2.88. The van der Waals surface area contributed by atoms with Crippen LogP contribution < -0.4 is 10.2 Å². The van der Waals surface area contributed by atoms with Gasteiger partial charge in [0, 0.05) is 44.1 Å². The number of amides is 2. The van der Waals surface area contributed by atoms with Gasteiger partial charge < -0.3 is 15.1 Å². The van der Waals surface area contributed by atoms with Gasteiger partial charge in [0.25, 0.3) is 11.7 Å². The number of piperazine rings is 1. The number of aromatic nitrogens is 1. The Labute approximate surface area is 155 Å². The Morgan fingerprint density at radius 3 is 2.44 bits per heavy atom. The second kappa shape index (κ2) is 8.39. The van der Waals surface area contributed by atoms with Crippen molar-refractivity contribution in [2.24, 2.45) is 0 Å². The SMILES string of the molecule is O=C(NCC(=O)N1CCN(c2ccccc2F)CC1)C(=O)c1cccnc1. The van der Waals surface area contributed by atoms with Crippen molar-refractivity contribution >= 4 is 23.3 Å². The van der Waals surface area contributed by atoms with Crippen LogP contribution in [0.3, 0.4) is 0 Å². The monoisotopic (exact) mass is 370 g/mol. The summed E-state index contributed by atoms with van der Waals surface area (Å²) in [6.45, 7) is 1.56. The number of nitrogens with zero attached hydrogens (tertiary/aromatic N) is 3. The molecule has 0 unspecified atom stereocenters. The Morgan fingerprint density at radius 1 is 1.04 bits per heavy atom. The molecule has 1 aromatic carbocycles. The minimum absolute atomic E-state index is 0.168. The molecule has 140 valence electrons. The summed E-state index contributed by atoms with van der Waals surface area (Å²) < 4.78 is 13.8. The van der Waals surface area contributed by atoms with E-state index in [1.165, 1.54) is 24.5 Å². The van der Waals surface area contributed by atoms with Crippen LogP contribution in [0.4, 0.5) is 10.1 Å². The van der Waals surface area contributed by atoms with E-state index in [1.807, 2.05) is 4.90 Å². The number of nitrogens with one attached hydrogen (secondary N) is 1. The standard InChI is InChI=1S/C19H19FN4O3/c20-15-5-1-2-6-16(15)23-8-10-24(11-9-23)17(25)13-22-19(27)18(26)14-4-3-7-21-12-14/h1-7,12H,8-11,13H2,(H,22,27). The summed E-state index contributed by atoms with van der Waals surface area (Å²) in [5, 5.41) is 2.35. The molecule has 0 saturated carbocycles. The Kier molecular flexibility index (Phi) is 5.75. The van der Waals surface area contributed by atoms with Gasteiger partial charge in [0.2, 0.25) is 5.91 Å². The maximum Gasteiger partial charge on any atom is 0.292 e. The lowest BCUT2D eigenvalue weighted by Gasteiger charge is -2.36. The van der Waals surface area contributed by atoms with Crippen LogP contribution in [-0.4, -0.2) is 60.2 Å². The fraction of sp³-hybridized carbons (Fsp3) is 0.263. The molecule has 2 heterocycles. The van der Waals surface area contributed by atoms with Gasteiger partial charge in [-0.3, -0.25) is 19.4 Å². The van der Waals surface area contributed by atoms with Gasteiger partial charge >= 0.3 is 0 Å². The predicted octanol–water partition coefficient (Wildman–Crippen LogP) is 0.868. The molecule has 8 heteroatoms. The number of para-hydroxylation sites is 1. The zero-order valence-corrected chi connectivity index (χ0v) is 14.6. The van der Waals surface area contributed by atoms with Crippen molar-refractivity contribution in [3.8, 4) is 0 Å². The van der Waals surface area contributed by atoms with Crippen LogP contribution in [0, 0.1) is 5.82 Å². The number of carbonyl (C=O) groups is 3. The number of pyridine rings is 1. The summed E-state index contributed by atoms with van der Waals surface area (Å²) in [5.41, 5.74) is 0.681. The number of hydrogen-bond acceptors (Lipinski definition) is 5. The van der Waals surface area contributed by atoms with E-state index in [9.17, 15) is 18.8 Å². The normalized spacial score (nSPS) is 14.0. The lowest BCUT2D eigenvalue weighted by Crippen LogP contribution is -2.51. The molecule has 0 bridgehead atoms. The maximum absolute atomic E-state index is 13.8. The molecule has 2 amide bonds. The van der Waals surface area contributed by atoms with Crippen molar-refractivity contribution in [1.29, 1.82) is 0 Å². The van der Waals surface area contributed by atoms with Crippen LogP contribution in [0.1, 0.15) is 10.4 Å². The van der Waals surface area contributed by atoms with E-state index in [2.05, 4.69) is 10.3 Å². The van der Waals surface area contributed by atoms with Crippen molar-refractivity contribution in [3.05, 3.63) is 60.2 Å². The van der Waals surface area contributed by atoms with E-state index < -0.39 is 11.7 Å². The Hall–Kier alpha value is -3.29. The van der Waals surface area contributed by atoms with Gasteiger partial charge in [-0.15, -0.1) is 0 Å². The molecule has 1 aliphatic heterocycles. The van der Waals surface area contributed by atoms with Gasteiger partial charge in [0.05, 0.1) is 12.2 Å². The Balaban J connectivity index is 1.48. The first-order valence-electron chi connectivity index (χ1n) is 8.56. The molecule has 1 fully saturated rings. The van der Waals surface area contributed by atoms with Gasteiger partial charge in [-0.2, -0.15) is 0 Å². The van der Waals surface area contributed by atoms with E-state index in [0.717, 1.165) is 0 Å². The van der Waals surface area contributed by atoms with E-state index in [1.54, 1.807) is 29.2 Å². The molecule has 27 heavy (non-hydrogen) atoms. The number of halogens is 1. The van der Waals surface area contributed by atoms with E-state index in [4.69, 9.17) is 0 Å². The smallest absolute Gasteiger partial charge is 0.292 e. The average molecular weight is 370 g/mol. The number of anilines is 1. The molecule has 0 atom stereocenters. The van der Waals surface area contributed by atoms with Gasteiger partial charge in [0.1, 0.15) is 5.82 Å². The summed E-state index contributed by atoms with van der Waals surface area (Å²) in [7, 11) is 0. The van der Waals surface area contributed by atoms with Gasteiger partial charge in [-0.1, -0.05) is 12.1 Å². The highest BCUT2D eigenvalue weighted by Crippen LogP contribution is 2.20. The lowest BCUT2D eigenvalue weighted by molar-refractivity contribution is -0.132. The Bertz CT molecular complexity index is 836. The molecule has 0 aliphatic carbocycles. The topological polar surface area (TPSA) is 82.6 Å². The molecule has 1 N–H and O–H groups in total. The minimum Gasteiger partial charge on any atom is -0.366 e. The summed E-state index contributed by atoms with van der Waals surface area (Å²) in [6.07, 6.45) is 2.80. The van der Waals surface area contributed by atoms with Crippen LogP contribution >= 0.6 is 0 Å². The molecule has 1 aromatic heterocycles. The zero-order valence-electron chi connectivity index (χ0n) is 14.6. The molecule has 2 aromatic rings. The van der Waals surface area contributed by atoms with Gasteiger partial charge in [0.15, 0.2) is 0 Å². The zero-order chi connectivity index (χ0) is 19.2.